The summed E-state index contributed by atoms with van der Waals surface area (Å²) in [5.74, 6) is 0.956. The normalized spacial score (nSPS) is 12.3. The number of hydrogen-bond donors (Lipinski definition) is 0. The monoisotopic (exact) mass is 304 g/mol. The first kappa shape index (κ1) is 18.3. The summed E-state index contributed by atoms with van der Waals surface area (Å²) in [5, 5.41) is 0. The Morgan fingerprint density at radius 2 is 2.00 bits per heavy atom. The smallest absolute Gasteiger partial charge is 0.330 e. The molecule has 0 fully saturated rings. The summed E-state index contributed by atoms with van der Waals surface area (Å²) in [5.41, 5.74) is 0.888. The minimum absolute atomic E-state index is 0.291. The Bertz CT molecular complexity index is 466. The lowest BCUT2D eigenvalue weighted by Gasteiger charge is -2.13. The number of hydrogen-bond acceptors (Lipinski definition) is 3. The van der Waals surface area contributed by atoms with Crippen LogP contribution >= 0.6 is 0 Å². The second kappa shape index (κ2) is 10.9. The summed E-state index contributed by atoms with van der Waals surface area (Å²) in [6.07, 6.45) is 7.76. The average molecular weight is 304 g/mol. The van der Waals surface area contributed by atoms with Crippen molar-refractivity contribution in [3.8, 4) is 5.75 Å². The van der Waals surface area contributed by atoms with Crippen LogP contribution in [0.2, 0.25) is 0 Å². The summed E-state index contributed by atoms with van der Waals surface area (Å²) < 4.78 is 10.9. The highest BCUT2D eigenvalue weighted by Crippen LogP contribution is 2.19. The molecule has 0 amide bonds. The third-order valence-corrected chi connectivity index (χ3v) is 3.62. The van der Waals surface area contributed by atoms with Gasteiger partial charge >= 0.3 is 5.97 Å². The van der Waals surface area contributed by atoms with E-state index in [2.05, 4.69) is 13.8 Å². The van der Waals surface area contributed by atoms with Crippen LogP contribution in [0.3, 0.4) is 0 Å². The maximum atomic E-state index is 11.8. The lowest BCUT2D eigenvalue weighted by atomic mass is 10.0. The standard InChI is InChI=1S/C19H28O3/c1-4-7-10-16(5-2)15-22-19(20)14-13-17-11-8-9-12-18(17)21-6-3/h8-9,11-14,16H,4-7,10,15H2,1-3H3. The van der Waals surface area contributed by atoms with E-state index in [-0.39, 0.29) is 5.97 Å². The summed E-state index contributed by atoms with van der Waals surface area (Å²) in [6, 6.07) is 7.66. The van der Waals surface area contributed by atoms with Gasteiger partial charge < -0.3 is 9.47 Å². The van der Waals surface area contributed by atoms with E-state index in [1.165, 1.54) is 18.9 Å². The molecular weight excluding hydrogens is 276 g/mol. The second-order valence-electron chi connectivity index (χ2n) is 5.35. The summed E-state index contributed by atoms with van der Waals surface area (Å²) in [7, 11) is 0. The topological polar surface area (TPSA) is 35.5 Å². The van der Waals surface area contributed by atoms with Gasteiger partial charge in [-0.15, -0.1) is 0 Å². The highest BCUT2D eigenvalue weighted by atomic mass is 16.5. The van der Waals surface area contributed by atoms with Crippen LogP contribution < -0.4 is 4.74 Å². The maximum absolute atomic E-state index is 11.8. The van der Waals surface area contributed by atoms with Gasteiger partial charge in [0.1, 0.15) is 5.75 Å². The quantitative estimate of drug-likeness (QED) is 0.457. The predicted octanol–water partition coefficient (Wildman–Crippen LogP) is 4.86. The van der Waals surface area contributed by atoms with Crippen molar-refractivity contribution in [2.45, 2.75) is 46.5 Å². The fourth-order valence-corrected chi connectivity index (χ4v) is 2.21. The molecule has 0 spiro atoms. The molecule has 122 valence electrons. The van der Waals surface area contributed by atoms with Crippen molar-refractivity contribution < 1.29 is 14.3 Å². The molecular formula is C19H28O3. The zero-order valence-corrected chi connectivity index (χ0v) is 14.0. The molecule has 0 heterocycles. The lowest BCUT2D eigenvalue weighted by molar-refractivity contribution is -0.139. The summed E-state index contributed by atoms with van der Waals surface area (Å²) in [4.78, 5) is 11.8. The largest absolute Gasteiger partial charge is 0.493 e. The number of esters is 1. The SMILES string of the molecule is CCCCC(CC)COC(=O)C=Cc1ccccc1OCC. The molecule has 3 nitrogen and oxygen atoms in total. The molecule has 22 heavy (non-hydrogen) atoms. The molecule has 0 aliphatic carbocycles. The van der Waals surface area contributed by atoms with E-state index in [4.69, 9.17) is 9.47 Å². The van der Waals surface area contributed by atoms with Crippen LogP contribution in [0.1, 0.15) is 52.0 Å². The number of unbranched alkanes of at least 4 members (excludes halogenated alkanes) is 1. The molecule has 1 aromatic rings. The van der Waals surface area contributed by atoms with Gasteiger partial charge in [0, 0.05) is 11.6 Å². The van der Waals surface area contributed by atoms with Crippen molar-refractivity contribution in [1.29, 1.82) is 0 Å². The summed E-state index contributed by atoms with van der Waals surface area (Å²) >= 11 is 0. The first-order chi connectivity index (χ1) is 10.7. The maximum Gasteiger partial charge on any atom is 0.330 e. The predicted molar refractivity (Wildman–Crippen MR) is 90.9 cm³/mol. The molecule has 0 saturated heterocycles. The van der Waals surface area contributed by atoms with Gasteiger partial charge in [-0.2, -0.15) is 0 Å². The molecule has 0 saturated carbocycles. The molecule has 0 aliphatic heterocycles. The third-order valence-electron chi connectivity index (χ3n) is 3.62. The lowest BCUT2D eigenvalue weighted by Crippen LogP contribution is -2.12. The Kier molecular flexibility index (Phi) is 9.04. The van der Waals surface area contributed by atoms with E-state index < -0.39 is 0 Å². The van der Waals surface area contributed by atoms with Gasteiger partial charge in [-0.05, 0) is 31.4 Å². The Labute approximate surface area is 134 Å². The molecule has 1 aromatic carbocycles. The van der Waals surface area contributed by atoms with Crippen LogP contribution in [0.5, 0.6) is 5.75 Å². The fourth-order valence-electron chi connectivity index (χ4n) is 2.21. The minimum atomic E-state index is -0.291. The van der Waals surface area contributed by atoms with Crippen LogP contribution in [0.25, 0.3) is 6.08 Å². The number of carbonyl (C=O) groups excluding carboxylic acids is 1. The van der Waals surface area contributed by atoms with E-state index in [1.54, 1.807) is 6.08 Å². The van der Waals surface area contributed by atoms with Crippen molar-refractivity contribution in [2.75, 3.05) is 13.2 Å². The van der Waals surface area contributed by atoms with Crippen molar-refractivity contribution in [1.82, 2.24) is 0 Å². The Morgan fingerprint density at radius 3 is 2.68 bits per heavy atom. The van der Waals surface area contributed by atoms with Crippen molar-refractivity contribution in [3.63, 3.8) is 0 Å². The molecule has 1 atom stereocenters. The van der Waals surface area contributed by atoms with Gasteiger partial charge in [0.05, 0.1) is 13.2 Å². The number of benzene rings is 1. The molecule has 0 aromatic heterocycles. The van der Waals surface area contributed by atoms with E-state index in [9.17, 15) is 4.79 Å². The van der Waals surface area contributed by atoms with Crippen LogP contribution in [-0.2, 0) is 9.53 Å². The Morgan fingerprint density at radius 1 is 1.23 bits per heavy atom. The number of para-hydroxylation sites is 1. The first-order valence-electron chi connectivity index (χ1n) is 8.27. The average Bonchev–Trinajstić information content (AvgIpc) is 2.54. The van der Waals surface area contributed by atoms with E-state index in [0.717, 1.165) is 24.2 Å². The number of ether oxygens (including phenoxy) is 2. The third kappa shape index (κ3) is 6.79. The first-order valence-corrected chi connectivity index (χ1v) is 8.27. The van der Waals surface area contributed by atoms with Crippen molar-refractivity contribution in [3.05, 3.63) is 35.9 Å². The summed E-state index contributed by atoms with van der Waals surface area (Å²) in [6.45, 7) is 7.37. The molecule has 0 aliphatic rings. The van der Waals surface area contributed by atoms with Gasteiger partial charge in [0.2, 0.25) is 0 Å². The van der Waals surface area contributed by atoms with Crippen LogP contribution in [0.4, 0.5) is 0 Å². The highest BCUT2D eigenvalue weighted by molar-refractivity contribution is 5.87. The van der Waals surface area contributed by atoms with Gasteiger partial charge in [0.15, 0.2) is 0 Å². The molecule has 1 rings (SSSR count). The zero-order valence-electron chi connectivity index (χ0n) is 14.0. The van der Waals surface area contributed by atoms with Crippen molar-refractivity contribution in [2.24, 2.45) is 5.92 Å². The fraction of sp³-hybridized carbons (Fsp3) is 0.526. The number of carbonyl (C=O) groups is 1. The van der Waals surface area contributed by atoms with Gasteiger partial charge in [-0.1, -0.05) is 51.3 Å². The molecule has 3 heteroatoms. The Hall–Kier alpha value is -1.77. The van der Waals surface area contributed by atoms with Gasteiger partial charge in [-0.3, -0.25) is 0 Å². The molecule has 0 N–H and O–H groups in total. The van der Waals surface area contributed by atoms with Crippen LogP contribution in [-0.4, -0.2) is 19.2 Å². The minimum Gasteiger partial charge on any atom is -0.493 e. The second-order valence-corrected chi connectivity index (χ2v) is 5.35. The highest BCUT2D eigenvalue weighted by Gasteiger charge is 2.08. The Balaban J connectivity index is 2.50. The van der Waals surface area contributed by atoms with E-state index in [1.807, 2.05) is 31.2 Å². The van der Waals surface area contributed by atoms with Crippen molar-refractivity contribution >= 4 is 12.0 Å². The number of rotatable bonds is 10. The molecule has 0 radical (unpaired) electrons. The molecule has 1 unspecified atom stereocenters. The van der Waals surface area contributed by atoms with E-state index in [0.29, 0.717) is 19.1 Å². The van der Waals surface area contributed by atoms with Crippen LogP contribution in [0, 0.1) is 5.92 Å². The molecule has 0 bridgehead atoms. The zero-order chi connectivity index (χ0) is 16.2. The van der Waals surface area contributed by atoms with Crippen LogP contribution in [0.15, 0.2) is 30.3 Å². The van der Waals surface area contributed by atoms with Gasteiger partial charge in [0.25, 0.3) is 0 Å². The van der Waals surface area contributed by atoms with Gasteiger partial charge in [-0.25, -0.2) is 4.79 Å². The van der Waals surface area contributed by atoms with E-state index >= 15 is 0 Å².